The van der Waals surface area contributed by atoms with E-state index in [0.717, 1.165) is 29.7 Å². The zero-order chi connectivity index (χ0) is 17.2. The summed E-state index contributed by atoms with van der Waals surface area (Å²) in [5, 5.41) is 6.95. The molecule has 0 atom stereocenters. The molecular formula is C17H22N4O2S. The van der Waals surface area contributed by atoms with Crippen LogP contribution >= 0.6 is 11.8 Å². The summed E-state index contributed by atoms with van der Waals surface area (Å²) < 4.78 is 5.43. The van der Waals surface area contributed by atoms with E-state index >= 15 is 0 Å². The predicted molar refractivity (Wildman–Crippen MR) is 93.5 cm³/mol. The minimum Gasteiger partial charge on any atom is -0.353 e. The molecule has 128 valence electrons. The van der Waals surface area contributed by atoms with Crippen molar-refractivity contribution in [2.45, 2.75) is 49.6 Å². The van der Waals surface area contributed by atoms with Crippen LogP contribution < -0.4 is 11.1 Å². The first-order valence-corrected chi connectivity index (χ1v) is 9.11. The number of aromatic nitrogens is 2. The van der Waals surface area contributed by atoms with Gasteiger partial charge in [0, 0.05) is 10.9 Å². The van der Waals surface area contributed by atoms with Gasteiger partial charge in [0.1, 0.15) is 0 Å². The highest BCUT2D eigenvalue weighted by Crippen LogP contribution is 2.38. The van der Waals surface area contributed by atoms with Crippen molar-refractivity contribution in [2.75, 3.05) is 5.75 Å². The number of hydrogen-bond acceptors (Lipinski definition) is 6. The largest absolute Gasteiger partial charge is 0.353 e. The molecule has 0 spiro atoms. The molecule has 0 bridgehead atoms. The maximum absolute atomic E-state index is 11.9. The molecule has 1 aliphatic rings. The Balaban J connectivity index is 1.76. The predicted octanol–water partition coefficient (Wildman–Crippen LogP) is 2.69. The van der Waals surface area contributed by atoms with E-state index in [9.17, 15) is 4.79 Å². The first-order chi connectivity index (χ1) is 11.5. The van der Waals surface area contributed by atoms with E-state index in [1.165, 1.54) is 11.8 Å². The molecule has 2 aromatic rings. The topological polar surface area (TPSA) is 94.0 Å². The highest BCUT2D eigenvalue weighted by atomic mass is 32.2. The number of carbonyl (C=O) groups is 1. The van der Waals surface area contributed by atoms with Gasteiger partial charge >= 0.3 is 0 Å². The molecule has 24 heavy (non-hydrogen) atoms. The van der Waals surface area contributed by atoms with Crippen LogP contribution in [0.4, 0.5) is 0 Å². The van der Waals surface area contributed by atoms with Crippen molar-refractivity contribution in [2.24, 2.45) is 5.73 Å². The zero-order valence-corrected chi connectivity index (χ0v) is 14.7. The third kappa shape index (κ3) is 3.62. The summed E-state index contributed by atoms with van der Waals surface area (Å²) in [6.07, 6.45) is 2.87. The molecular weight excluding hydrogens is 324 g/mol. The van der Waals surface area contributed by atoms with Crippen molar-refractivity contribution in [1.29, 1.82) is 0 Å². The molecule has 1 aromatic carbocycles. The van der Waals surface area contributed by atoms with Gasteiger partial charge in [-0.15, -0.1) is 11.8 Å². The molecule has 1 aliphatic carbocycles. The molecule has 7 heteroatoms. The second-order valence-electron chi connectivity index (χ2n) is 6.44. The zero-order valence-electron chi connectivity index (χ0n) is 13.9. The lowest BCUT2D eigenvalue weighted by molar-refractivity contribution is -0.119. The third-order valence-electron chi connectivity index (χ3n) is 4.04. The lowest BCUT2D eigenvalue weighted by atomic mass is 9.77. The average molecular weight is 346 g/mol. The summed E-state index contributed by atoms with van der Waals surface area (Å²) in [7, 11) is 0. The molecule has 0 unspecified atom stereocenters. The molecule has 3 rings (SSSR count). The van der Waals surface area contributed by atoms with Crippen molar-refractivity contribution in [3.8, 4) is 11.5 Å². The van der Waals surface area contributed by atoms with E-state index in [1.54, 1.807) is 0 Å². The monoisotopic (exact) mass is 346 g/mol. The van der Waals surface area contributed by atoms with Gasteiger partial charge in [0.25, 0.3) is 5.89 Å². The Hall–Kier alpha value is -1.86. The Bertz CT molecular complexity index is 725. The lowest BCUT2D eigenvalue weighted by Crippen LogP contribution is -2.44. The summed E-state index contributed by atoms with van der Waals surface area (Å²) in [4.78, 5) is 17.3. The third-order valence-corrected chi connectivity index (χ3v) is 5.12. The van der Waals surface area contributed by atoms with Gasteiger partial charge in [-0.25, -0.2) is 0 Å². The van der Waals surface area contributed by atoms with Crippen molar-refractivity contribution in [3.63, 3.8) is 0 Å². The quantitative estimate of drug-likeness (QED) is 0.781. The maximum Gasteiger partial charge on any atom is 0.259 e. The standard InChI is InChI=1S/C17H22N4O2S/c1-11(2)19-14(22)10-24-13-7-4-3-6-12(13)15-20-16(21-23-15)17(18)8-5-9-17/h3-4,6-7,11H,5,8-10,18H2,1-2H3,(H,19,22). The molecule has 0 saturated heterocycles. The van der Waals surface area contributed by atoms with Gasteiger partial charge < -0.3 is 15.6 Å². The number of nitrogens with two attached hydrogens (primary N) is 1. The summed E-state index contributed by atoms with van der Waals surface area (Å²) in [6, 6.07) is 7.85. The summed E-state index contributed by atoms with van der Waals surface area (Å²) >= 11 is 1.46. The molecule has 3 N–H and O–H groups in total. The lowest BCUT2D eigenvalue weighted by Gasteiger charge is -2.34. The smallest absolute Gasteiger partial charge is 0.259 e. The van der Waals surface area contributed by atoms with Gasteiger partial charge in [0.2, 0.25) is 5.91 Å². The van der Waals surface area contributed by atoms with Crippen molar-refractivity contribution >= 4 is 17.7 Å². The number of hydrogen-bond donors (Lipinski definition) is 2. The number of carbonyl (C=O) groups excluding carboxylic acids is 1. The second-order valence-corrected chi connectivity index (χ2v) is 7.46. The SMILES string of the molecule is CC(C)NC(=O)CSc1ccccc1-c1nc(C2(N)CCC2)no1. The summed E-state index contributed by atoms with van der Waals surface area (Å²) in [5.74, 6) is 1.37. The first-order valence-electron chi connectivity index (χ1n) is 8.12. The molecule has 6 nitrogen and oxygen atoms in total. The van der Waals surface area contributed by atoms with Gasteiger partial charge in [0.15, 0.2) is 5.82 Å². The normalized spacial score (nSPS) is 16.0. The Morgan fingerprint density at radius 3 is 2.83 bits per heavy atom. The summed E-state index contributed by atoms with van der Waals surface area (Å²) in [5.41, 5.74) is 6.65. The van der Waals surface area contributed by atoms with Crippen LogP contribution in [0.15, 0.2) is 33.7 Å². The number of benzene rings is 1. The molecule has 1 heterocycles. The maximum atomic E-state index is 11.9. The van der Waals surface area contributed by atoms with E-state index in [2.05, 4.69) is 15.5 Å². The van der Waals surface area contributed by atoms with E-state index in [1.807, 2.05) is 38.1 Å². The van der Waals surface area contributed by atoms with Crippen LogP contribution in [-0.4, -0.2) is 27.8 Å². The van der Waals surface area contributed by atoms with Gasteiger partial charge in [-0.1, -0.05) is 17.3 Å². The number of nitrogens with one attached hydrogen (secondary N) is 1. The van der Waals surface area contributed by atoms with E-state index in [4.69, 9.17) is 10.3 Å². The number of amides is 1. The molecule has 1 aromatic heterocycles. The van der Waals surface area contributed by atoms with Crippen molar-refractivity contribution in [3.05, 3.63) is 30.1 Å². The van der Waals surface area contributed by atoms with Crippen LogP contribution in [0.3, 0.4) is 0 Å². The Morgan fingerprint density at radius 1 is 1.42 bits per heavy atom. The van der Waals surface area contributed by atoms with E-state index in [-0.39, 0.29) is 11.9 Å². The molecule has 0 radical (unpaired) electrons. The fourth-order valence-corrected chi connectivity index (χ4v) is 3.45. The van der Waals surface area contributed by atoms with Crippen LogP contribution in [0, 0.1) is 0 Å². The first kappa shape index (κ1) is 17.0. The molecule has 1 fully saturated rings. The minimum atomic E-state index is -0.443. The Labute approximate surface area is 145 Å². The van der Waals surface area contributed by atoms with Crippen molar-refractivity contribution < 1.29 is 9.32 Å². The van der Waals surface area contributed by atoms with E-state index in [0.29, 0.717) is 17.5 Å². The molecule has 1 amide bonds. The van der Waals surface area contributed by atoms with Crippen molar-refractivity contribution in [1.82, 2.24) is 15.5 Å². The number of rotatable bonds is 6. The Kier molecular flexibility index (Phi) is 4.91. The second kappa shape index (κ2) is 6.94. The average Bonchev–Trinajstić information content (AvgIpc) is 3.00. The van der Waals surface area contributed by atoms with E-state index < -0.39 is 5.54 Å². The van der Waals surface area contributed by atoms with Gasteiger partial charge in [-0.3, -0.25) is 4.79 Å². The van der Waals surface area contributed by atoms with Crippen LogP contribution in [-0.2, 0) is 10.3 Å². The van der Waals surface area contributed by atoms with Crippen LogP contribution in [0.5, 0.6) is 0 Å². The van der Waals surface area contributed by atoms with Gasteiger partial charge in [-0.05, 0) is 45.2 Å². The Morgan fingerprint density at radius 2 is 2.17 bits per heavy atom. The fourth-order valence-electron chi connectivity index (χ4n) is 2.59. The summed E-state index contributed by atoms with van der Waals surface area (Å²) in [6.45, 7) is 3.89. The molecule has 1 saturated carbocycles. The van der Waals surface area contributed by atoms with Gasteiger partial charge in [-0.2, -0.15) is 4.98 Å². The molecule has 0 aliphatic heterocycles. The van der Waals surface area contributed by atoms with Gasteiger partial charge in [0.05, 0.1) is 16.9 Å². The highest BCUT2D eigenvalue weighted by Gasteiger charge is 2.39. The number of thioether (sulfide) groups is 1. The van der Waals surface area contributed by atoms with Crippen LogP contribution in [0.25, 0.3) is 11.5 Å². The number of nitrogens with zero attached hydrogens (tertiary/aromatic N) is 2. The van der Waals surface area contributed by atoms with Crippen LogP contribution in [0.1, 0.15) is 38.9 Å². The van der Waals surface area contributed by atoms with Crippen LogP contribution in [0.2, 0.25) is 0 Å². The minimum absolute atomic E-state index is 0.00593. The fraction of sp³-hybridized carbons (Fsp3) is 0.471. The highest BCUT2D eigenvalue weighted by molar-refractivity contribution is 8.00.